The van der Waals surface area contributed by atoms with Gasteiger partial charge in [0.15, 0.2) is 5.65 Å². The van der Waals surface area contributed by atoms with Gasteiger partial charge >= 0.3 is 5.69 Å². The van der Waals surface area contributed by atoms with Gasteiger partial charge in [0.2, 0.25) is 0 Å². The summed E-state index contributed by atoms with van der Waals surface area (Å²) in [6, 6.07) is 0. The van der Waals surface area contributed by atoms with Crippen LogP contribution in [0.1, 0.15) is 5.82 Å². The Kier molecular flexibility index (Phi) is 2.45. The third-order valence-corrected chi connectivity index (χ3v) is 2.33. The molecule has 16 heavy (non-hydrogen) atoms. The second-order valence-corrected chi connectivity index (χ2v) is 3.47. The highest BCUT2D eigenvalue weighted by Crippen LogP contribution is 2.10. The Balaban J connectivity index is 2.75. The van der Waals surface area contributed by atoms with Crippen LogP contribution in [0.3, 0.4) is 0 Å². The molecule has 7 heteroatoms. The molecule has 0 saturated carbocycles. The summed E-state index contributed by atoms with van der Waals surface area (Å²) in [5.41, 5.74) is 0.201. The first-order valence-electron chi connectivity index (χ1n) is 4.67. The minimum Gasteiger partial charge on any atom is -0.292 e. The van der Waals surface area contributed by atoms with E-state index in [-0.39, 0.29) is 5.65 Å². The van der Waals surface area contributed by atoms with Crippen LogP contribution >= 0.6 is 0 Å². The molecule has 0 bridgehead atoms. The van der Waals surface area contributed by atoms with Crippen molar-refractivity contribution in [3.8, 4) is 0 Å². The number of fused-ring (bicyclic) bond motifs is 1. The van der Waals surface area contributed by atoms with Crippen molar-refractivity contribution in [2.45, 2.75) is 19.9 Å². The molecule has 0 aliphatic heterocycles. The number of alkyl halides is 2. The number of rotatable bonds is 2. The molecule has 0 unspecified atom stereocenters. The van der Waals surface area contributed by atoms with E-state index in [1.165, 1.54) is 17.8 Å². The summed E-state index contributed by atoms with van der Waals surface area (Å²) in [6.07, 6.45) is -1.13. The quantitative estimate of drug-likeness (QED) is 0.760. The summed E-state index contributed by atoms with van der Waals surface area (Å²) in [7, 11) is 1.51. The molecule has 0 radical (unpaired) electrons. The highest BCUT2D eigenvalue weighted by Gasteiger charge is 2.15. The Morgan fingerprint density at radius 2 is 2.19 bits per heavy atom. The second-order valence-electron chi connectivity index (χ2n) is 3.47. The van der Waals surface area contributed by atoms with Crippen molar-refractivity contribution in [3.05, 3.63) is 22.5 Å². The lowest BCUT2D eigenvalue weighted by molar-refractivity contribution is 0.126. The van der Waals surface area contributed by atoms with E-state index in [1.807, 2.05) is 0 Å². The van der Waals surface area contributed by atoms with Gasteiger partial charge in [-0.15, -0.1) is 0 Å². The number of nitrogens with zero attached hydrogens (tertiary/aromatic N) is 4. The number of halogens is 2. The number of aryl methyl sites for hydroxylation is 2. The molecule has 0 amide bonds. The lowest BCUT2D eigenvalue weighted by atomic mass is 10.5. The fraction of sp³-hybridized carbons (Fsp3) is 0.444. The molecule has 0 atom stereocenters. The predicted octanol–water partition coefficient (Wildman–Crippen LogP) is 0.704. The zero-order valence-corrected chi connectivity index (χ0v) is 8.81. The van der Waals surface area contributed by atoms with Gasteiger partial charge in [-0.3, -0.25) is 9.13 Å². The van der Waals surface area contributed by atoms with Crippen molar-refractivity contribution in [1.29, 1.82) is 0 Å². The molecular formula is C9H10F2N4O. The van der Waals surface area contributed by atoms with Crippen molar-refractivity contribution in [2.75, 3.05) is 0 Å². The van der Waals surface area contributed by atoms with Crippen LogP contribution in [0.25, 0.3) is 11.2 Å². The van der Waals surface area contributed by atoms with Crippen LogP contribution in [-0.2, 0) is 13.6 Å². The fourth-order valence-corrected chi connectivity index (χ4v) is 1.56. The largest absolute Gasteiger partial charge is 0.330 e. The Morgan fingerprint density at radius 3 is 2.81 bits per heavy atom. The zero-order valence-electron chi connectivity index (χ0n) is 8.81. The molecule has 0 spiro atoms. The van der Waals surface area contributed by atoms with Crippen LogP contribution in [0, 0.1) is 6.92 Å². The van der Waals surface area contributed by atoms with Crippen LogP contribution in [0.5, 0.6) is 0 Å². The third-order valence-electron chi connectivity index (χ3n) is 2.33. The maximum Gasteiger partial charge on any atom is 0.330 e. The van der Waals surface area contributed by atoms with Crippen molar-refractivity contribution in [1.82, 2.24) is 19.1 Å². The van der Waals surface area contributed by atoms with E-state index in [0.717, 1.165) is 4.57 Å². The predicted molar refractivity (Wildman–Crippen MR) is 53.5 cm³/mol. The summed E-state index contributed by atoms with van der Waals surface area (Å²) in [6.45, 7) is 0.996. The maximum absolute atomic E-state index is 12.3. The summed E-state index contributed by atoms with van der Waals surface area (Å²) in [5, 5.41) is 0. The van der Waals surface area contributed by atoms with E-state index in [4.69, 9.17) is 0 Å². The molecule has 2 aromatic heterocycles. The monoisotopic (exact) mass is 228 g/mol. The smallest absolute Gasteiger partial charge is 0.292 e. The topological polar surface area (TPSA) is 52.7 Å². The standard InChI is InChI=1S/C9H10F2N4O/c1-5-12-3-6-8(13-5)15(4-7(10)11)9(16)14(6)2/h3,7H,4H2,1-2H3. The summed E-state index contributed by atoms with van der Waals surface area (Å²) >= 11 is 0. The fourth-order valence-electron chi connectivity index (χ4n) is 1.56. The number of hydrogen-bond donors (Lipinski definition) is 0. The van der Waals surface area contributed by atoms with Gasteiger partial charge in [-0.25, -0.2) is 23.5 Å². The minimum absolute atomic E-state index is 0.250. The van der Waals surface area contributed by atoms with Gasteiger partial charge in [0.05, 0.1) is 12.7 Å². The van der Waals surface area contributed by atoms with Gasteiger partial charge in [0, 0.05) is 7.05 Å². The lowest BCUT2D eigenvalue weighted by Gasteiger charge is -2.00. The molecule has 0 saturated heterocycles. The van der Waals surface area contributed by atoms with Crippen LogP contribution in [0.2, 0.25) is 0 Å². The third kappa shape index (κ3) is 1.58. The zero-order chi connectivity index (χ0) is 11.9. The Morgan fingerprint density at radius 1 is 1.50 bits per heavy atom. The first-order chi connectivity index (χ1) is 7.50. The minimum atomic E-state index is -2.58. The van der Waals surface area contributed by atoms with Crippen molar-refractivity contribution >= 4 is 11.2 Å². The Hall–Kier alpha value is -1.79. The number of imidazole rings is 1. The lowest BCUT2D eigenvalue weighted by Crippen LogP contribution is -2.25. The van der Waals surface area contributed by atoms with E-state index in [0.29, 0.717) is 11.3 Å². The normalized spacial score (nSPS) is 11.6. The van der Waals surface area contributed by atoms with Gasteiger partial charge in [-0.05, 0) is 6.92 Å². The highest BCUT2D eigenvalue weighted by molar-refractivity contribution is 5.70. The molecule has 5 nitrogen and oxygen atoms in total. The van der Waals surface area contributed by atoms with Gasteiger partial charge in [-0.2, -0.15) is 0 Å². The summed E-state index contributed by atoms with van der Waals surface area (Å²) in [5.74, 6) is 0.445. The molecule has 2 heterocycles. The maximum atomic E-state index is 12.3. The van der Waals surface area contributed by atoms with Crippen LogP contribution in [0.4, 0.5) is 8.78 Å². The van der Waals surface area contributed by atoms with Gasteiger partial charge < -0.3 is 0 Å². The van der Waals surface area contributed by atoms with E-state index in [1.54, 1.807) is 6.92 Å². The molecule has 86 valence electrons. The SMILES string of the molecule is Cc1ncc2c(n1)n(CC(F)F)c(=O)n2C. The molecule has 0 aromatic carbocycles. The van der Waals surface area contributed by atoms with Crippen molar-refractivity contribution in [3.63, 3.8) is 0 Å². The molecule has 2 aromatic rings. The van der Waals surface area contributed by atoms with E-state index in [9.17, 15) is 13.6 Å². The average molecular weight is 228 g/mol. The highest BCUT2D eigenvalue weighted by atomic mass is 19.3. The Labute approximate surface area is 89.4 Å². The first kappa shape index (κ1) is 10.7. The van der Waals surface area contributed by atoms with E-state index < -0.39 is 18.7 Å². The van der Waals surface area contributed by atoms with Crippen molar-refractivity contribution < 1.29 is 8.78 Å². The summed E-state index contributed by atoms with van der Waals surface area (Å²) < 4.78 is 26.9. The molecule has 0 aliphatic carbocycles. The van der Waals surface area contributed by atoms with Crippen LogP contribution in [0.15, 0.2) is 11.0 Å². The van der Waals surface area contributed by atoms with Gasteiger partial charge in [0.25, 0.3) is 6.43 Å². The molecule has 0 fully saturated rings. The second kappa shape index (κ2) is 3.66. The molecule has 0 N–H and O–H groups in total. The van der Waals surface area contributed by atoms with Crippen LogP contribution in [-0.4, -0.2) is 25.5 Å². The Bertz CT molecular complexity index is 587. The first-order valence-corrected chi connectivity index (χ1v) is 4.67. The van der Waals surface area contributed by atoms with E-state index >= 15 is 0 Å². The van der Waals surface area contributed by atoms with Crippen molar-refractivity contribution in [2.24, 2.45) is 7.05 Å². The van der Waals surface area contributed by atoms with Gasteiger partial charge in [0.1, 0.15) is 11.3 Å². The van der Waals surface area contributed by atoms with E-state index in [2.05, 4.69) is 9.97 Å². The van der Waals surface area contributed by atoms with Crippen LogP contribution < -0.4 is 5.69 Å². The average Bonchev–Trinajstić information content (AvgIpc) is 2.43. The number of hydrogen-bond acceptors (Lipinski definition) is 3. The molecular weight excluding hydrogens is 218 g/mol. The number of aromatic nitrogens is 4. The molecule has 0 aliphatic rings. The van der Waals surface area contributed by atoms with Gasteiger partial charge in [-0.1, -0.05) is 0 Å². The molecule has 2 rings (SSSR count). The summed E-state index contributed by atoms with van der Waals surface area (Å²) in [4.78, 5) is 19.6.